The Bertz CT molecular complexity index is 746. The van der Waals surface area contributed by atoms with Gasteiger partial charge in [0, 0.05) is 43.7 Å². The van der Waals surface area contributed by atoms with Crippen LogP contribution in [-0.4, -0.2) is 74.8 Å². The van der Waals surface area contributed by atoms with Crippen molar-refractivity contribution in [3.63, 3.8) is 0 Å². The van der Waals surface area contributed by atoms with E-state index >= 15 is 0 Å². The molecular weight excluding hydrogens is 491 g/mol. The van der Waals surface area contributed by atoms with Crippen LogP contribution in [0.15, 0.2) is 28.6 Å². The minimum absolute atomic E-state index is 0. The van der Waals surface area contributed by atoms with Crippen molar-refractivity contribution in [1.29, 1.82) is 0 Å². The molecule has 15 heteroatoms. The molecule has 2 rings (SSSR count). The minimum atomic E-state index is -4.69. The van der Waals surface area contributed by atoms with Crippen molar-refractivity contribution in [2.45, 2.75) is 19.9 Å². The first-order valence-electron chi connectivity index (χ1n) is 8.66. The molecule has 12 nitrogen and oxygen atoms in total. The maximum absolute atomic E-state index is 11.2. The van der Waals surface area contributed by atoms with Gasteiger partial charge in [0.25, 0.3) is 0 Å². The van der Waals surface area contributed by atoms with Crippen molar-refractivity contribution in [3.05, 3.63) is 33.7 Å². The predicted octanol–water partition coefficient (Wildman–Crippen LogP) is -2.02. The molecule has 173 valence electrons. The summed E-state index contributed by atoms with van der Waals surface area (Å²) in [7, 11) is -4.69. The molecule has 0 saturated carbocycles. The smallest absolute Gasteiger partial charge is 0.569 e. The second-order valence-electron chi connectivity index (χ2n) is 6.34. The van der Waals surface area contributed by atoms with E-state index in [4.69, 9.17) is 36.1 Å². The van der Waals surface area contributed by atoms with Gasteiger partial charge in [-0.2, -0.15) is 14.0 Å². The molecule has 0 aliphatic carbocycles. The van der Waals surface area contributed by atoms with Crippen LogP contribution in [0.2, 0.25) is 0 Å². The number of hydrogen-bond donors (Lipinski definition) is 2. The van der Waals surface area contributed by atoms with Crippen LogP contribution >= 0.6 is 12.2 Å². The SMILES string of the molecule is CC(C)n1cccc(C=NCCN2CCN([N+]([O-])=NO)CC2)c1=S.[Cu+2].[O-][Cl+3]([O-])([O-])O. The Kier molecular flexibility index (Phi) is 13.2. The normalized spacial score (nSPS) is 15.7. The Balaban J connectivity index is 0.00000125. The number of nitrogens with zero attached hydrogens (tertiary/aromatic N) is 6. The van der Waals surface area contributed by atoms with Crippen molar-refractivity contribution in [2.75, 3.05) is 39.3 Å². The van der Waals surface area contributed by atoms with Crippen LogP contribution in [0, 0.1) is 20.1 Å². The van der Waals surface area contributed by atoms with Crippen molar-refractivity contribution in [1.82, 2.24) is 14.5 Å². The molecule has 0 aromatic carbocycles. The number of rotatable bonds is 6. The molecule has 1 aromatic heterocycles. The number of halogens is 1. The number of hydrazine groups is 1. The molecule has 1 saturated heterocycles. The molecule has 1 fully saturated rings. The standard InChI is InChI=1S/C15H24N6O2S.ClHO4.Cu/c1-13(2)20-6-3-4-14(15(20)24)12-16-5-7-18-8-10-19(11-9-18)21(23)17-22;2-1(3,4)5;/h3-4,6,12-13,22H,5,7-11H2,1-2H3;(H,2,3,4,5);/q;;+2. The van der Waals surface area contributed by atoms with E-state index < -0.39 is 10.2 Å². The Morgan fingerprint density at radius 2 is 1.83 bits per heavy atom. The fourth-order valence-electron chi connectivity index (χ4n) is 2.58. The Labute approximate surface area is 192 Å². The maximum Gasteiger partial charge on any atom is 2.00 e. The van der Waals surface area contributed by atoms with Crippen molar-refractivity contribution < 1.29 is 56.1 Å². The second-order valence-corrected chi connectivity index (χ2v) is 7.52. The molecule has 30 heavy (non-hydrogen) atoms. The van der Waals surface area contributed by atoms with Crippen molar-refractivity contribution in [2.24, 2.45) is 10.3 Å². The molecule has 1 aromatic rings. The van der Waals surface area contributed by atoms with Crippen LogP contribution in [0.4, 0.5) is 0 Å². The zero-order valence-corrected chi connectivity index (χ0v) is 18.9. The Hall–Kier alpha value is -1.35. The maximum atomic E-state index is 11.2. The van der Waals surface area contributed by atoms with Crippen LogP contribution in [0.1, 0.15) is 25.5 Å². The summed E-state index contributed by atoms with van der Waals surface area (Å²) in [6.07, 6.45) is 3.82. The molecule has 2 heterocycles. The molecule has 0 spiro atoms. The molecule has 2 N–H and O–H groups in total. The Morgan fingerprint density at radius 1 is 1.27 bits per heavy atom. The van der Waals surface area contributed by atoms with Crippen LogP contribution < -0.4 is 14.0 Å². The Morgan fingerprint density at radius 3 is 2.33 bits per heavy atom. The topological polar surface area (TPSA) is 172 Å². The van der Waals surface area contributed by atoms with Crippen molar-refractivity contribution in [3.8, 4) is 0 Å². The van der Waals surface area contributed by atoms with Crippen LogP contribution in [0.25, 0.3) is 0 Å². The second kappa shape index (κ2) is 13.9. The minimum Gasteiger partial charge on any atom is -0.569 e. The predicted molar refractivity (Wildman–Crippen MR) is 96.2 cm³/mol. The largest absolute Gasteiger partial charge is 2.00 e. The van der Waals surface area contributed by atoms with Gasteiger partial charge in [0.05, 0.1) is 39.5 Å². The first kappa shape index (κ1) is 28.6. The number of hydrogen-bond acceptors (Lipinski definition) is 9. The fourth-order valence-corrected chi connectivity index (χ4v) is 2.98. The summed E-state index contributed by atoms with van der Waals surface area (Å²) in [5, 5.41) is 23.7. The molecule has 0 amide bonds. The van der Waals surface area contributed by atoms with E-state index in [9.17, 15) is 5.21 Å². The van der Waals surface area contributed by atoms with Gasteiger partial charge in [-0.25, -0.2) is 0 Å². The monoisotopic (exact) mass is 515 g/mol. The first-order valence-corrected chi connectivity index (χ1v) is 10.3. The average Bonchev–Trinajstić information content (AvgIpc) is 2.64. The molecular formula is C15H25ClCuN6O6S+2. The van der Waals surface area contributed by atoms with E-state index in [0.29, 0.717) is 25.7 Å². The van der Waals surface area contributed by atoms with Gasteiger partial charge in [-0.05, 0) is 26.0 Å². The third kappa shape index (κ3) is 11.2. The fraction of sp³-hybridized carbons (Fsp3) is 0.600. The van der Waals surface area contributed by atoms with Crippen LogP contribution in [-0.2, 0) is 17.1 Å². The number of aliphatic imine (C=N–C) groups is 1. The molecule has 1 aliphatic rings. The quantitative estimate of drug-likeness (QED) is 0.108. The van der Waals surface area contributed by atoms with E-state index in [1.807, 2.05) is 24.5 Å². The number of pyridine rings is 1. The van der Waals surface area contributed by atoms with Gasteiger partial charge in [0.15, 0.2) is 0 Å². The van der Waals surface area contributed by atoms with E-state index in [-0.39, 0.29) is 22.0 Å². The number of piperazine rings is 1. The molecule has 0 bridgehead atoms. The summed E-state index contributed by atoms with van der Waals surface area (Å²) in [4.78, 5) is 6.94. The summed E-state index contributed by atoms with van der Waals surface area (Å²) < 4.78 is 35.6. The molecule has 0 unspecified atom stereocenters. The van der Waals surface area contributed by atoms with Crippen molar-refractivity contribution >= 4 is 18.4 Å². The van der Waals surface area contributed by atoms with E-state index in [1.165, 1.54) is 5.01 Å². The van der Waals surface area contributed by atoms with Crippen LogP contribution in [0.5, 0.6) is 0 Å². The van der Waals surface area contributed by atoms with Gasteiger partial charge in [0.2, 0.25) is 5.28 Å². The van der Waals surface area contributed by atoms with Gasteiger partial charge in [-0.15, -0.1) is 5.01 Å². The third-order valence-electron chi connectivity index (χ3n) is 4.00. The first-order chi connectivity index (χ1) is 13.5. The third-order valence-corrected chi connectivity index (χ3v) is 4.45. The van der Waals surface area contributed by atoms with E-state index in [2.05, 4.69) is 33.6 Å². The van der Waals surface area contributed by atoms with Gasteiger partial charge in [0.1, 0.15) is 4.64 Å². The molecule has 1 aliphatic heterocycles. The van der Waals surface area contributed by atoms with Gasteiger partial charge in [-0.3, -0.25) is 9.89 Å². The van der Waals surface area contributed by atoms with E-state index in [1.54, 1.807) is 0 Å². The van der Waals surface area contributed by atoms with Gasteiger partial charge >= 0.3 is 17.1 Å². The van der Waals surface area contributed by atoms with Gasteiger partial charge in [-0.1, -0.05) is 12.2 Å². The summed E-state index contributed by atoms with van der Waals surface area (Å²) in [5.74, 6) is 0. The number of aromatic nitrogens is 1. The zero-order valence-electron chi connectivity index (χ0n) is 16.4. The summed E-state index contributed by atoms with van der Waals surface area (Å²) in [6, 6.07) is 4.29. The summed E-state index contributed by atoms with van der Waals surface area (Å²) in [5.41, 5.74) is 0.956. The zero-order chi connectivity index (χ0) is 22.0. The van der Waals surface area contributed by atoms with Crippen LogP contribution in [0.3, 0.4) is 0 Å². The summed E-state index contributed by atoms with van der Waals surface area (Å²) >= 11 is 5.48. The molecule has 0 atom stereocenters. The molecule has 1 radical (unpaired) electrons. The average molecular weight is 516 g/mol. The summed E-state index contributed by atoms with van der Waals surface area (Å²) in [6.45, 7) is 8.28. The van der Waals surface area contributed by atoms with E-state index in [0.717, 1.165) is 29.8 Å². The van der Waals surface area contributed by atoms with Gasteiger partial charge < -0.3 is 15.0 Å².